The standard InChI is InChI=1S/C31H39BrN2O4.HI/c1-34(20-21-8-6-4-3-5-7-9-21)16-14-24(15-17-34)33-30(35)29-25-18-22(31(36)37-2)10-12-27(25)38-28-13-11-23(32)19-26(28)29;/h10-13,18-19,21,24,29H,3-9,14-17,20H2,1-2H3;1H. The molecule has 1 aliphatic carbocycles. The highest BCUT2D eigenvalue weighted by Crippen LogP contribution is 2.45. The molecule has 0 aromatic heterocycles. The van der Waals surface area contributed by atoms with Crippen LogP contribution in [0.4, 0.5) is 0 Å². The Bertz CT molecular complexity index is 1170. The van der Waals surface area contributed by atoms with E-state index in [0.29, 0.717) is 22.6 Å². The number of methoxy groups -OCH3 is 1. The van der Waals surface area contributed by atoms with E-state index in [2.05, 4.69) is 28.3 Å². The summed E-state index contributed by atoms with van der Waals surface area (Å²) < 4.78 is 13.1. The van der Waals surface area contributed by atoms with E-state index in [4.69, 9.17) is 9.47 Å². The van der Waals surface area contributed by atoms with Crippen LogP contribution in [-0.4, -0.2) is 56.2 Å². The number of halogens is 2. The molecule has 1 amide bonds. The molecule has 2 aromatic rings. The molecule has 2 aromatic carbocycles. The van der Waals surface area contributed by atoms with Crippen molar-refractivity contribution >= 4 is 27.8 Å². The first-order chi connectivity index (χ1) is 18.3. The molecule has 1 N–H and O–H groups in total. The third-order valence-electron chi connectivity index (χ3n) is 8.81. The molecule has 0 spiro atoms. The maximum atomic E-state index is 13.9. The van der Waals surface area contributed by atoms with Crippen LogP contribution in [0.1, 0.15) is 85.2 Å². The second kappa shape index (κ2) is 13.3. The van der Waals surface area contributed by atoms with Gasteiger partial charge >= 0.3 is 5.97 Å². The van der Waals surface area contributed by atoms with E-state index in [1.165, 1.54) is 58.6 Å². The van der Waals surface area contributed by atoms with E-state index >= 15 is 0 Å². The Balaban J connectivity index is 0.00000353. The first-order valence-corrected chi connectivity index (χ1v) is 15.0. The Morgan fingerprint density at radius 1 is 0.949 bits per heavy atom. The van der Waals surface area contributed by atoms with E-state index < -0.39 is 11.9 Å². The van der Waals surface area contributed by atoms with Crippen molar-refractivity contribution in [1.29, 1.82) is 0 Å². The summed E-state index contributed by atoms with van der Waals surface area (Å²) in [6, 6.07) is 11.1. The van der Waals surface area contributed by atoms with Crippen molar-refractivity contribution in [3.63, 3.8) is 0 Å². The Hall–Kier alpha value is -1.65. The lowest BCUT2D eigenvalue weighted by Gasteiger charge is -2.43. The Morgan fingerprint density at radius 3 is 2.23 bits per heavy atom. The fourth-order valence-corrected chi connectivity index (χ4v) is 7.05. The van der Waals surface area contributed by atoms with Gasteiger partial charge in [-0.2, -0.15) is 0 Å². The zero-order chi connectivity index (χ0) is 26.7. The Labute approximate surface area is 257 Å². The molecular weight excluding hydrogens is 671 g/mol. The minimum atomic E-state index is -0.562. The molecular formula is C31H40BrIN2O4. The van der Waals surface area contributed by atoms with Crippen LogP contribution >= 0.6 is 15.9 Å². The van der Waals surface area contributed by atoms with Crippen LogP contribution in [0, 0.1) is 5.92 Å². The highest BCUT2D eigenvalue weighted by Gasteiger charge is 2.37. The lowest BCUT2D eigenvalue weighted by Crippen LogP contribution is -3.00. The number of nitrogens with zero attached hydrogens (tertiary/aromatic N) is 1. The number of esters is 1. The third-order valence-corrected chi connectivity index (χ3v) is 9.30. The fraction of sp³-hybridized carbons (Fsp3) is 0.548. The molecule has 1 saturated heterocycles. The quantitative estimate of drug-likeness (QED) is 0.293. The van der Waals surface area contributed by atoms with Crippen molar-refractivity contribution in [2.75, 3.05) is 33.8 Å². The van der Waals surface area contributed by atoms with Gasteiger partial charge in [0.05, 0.1) is 45.3 Å². The van der Waals surface area contributed by atoms with Crippen LogP contribution in [0.5, 0.6) is 11.5 Å². The van der Waals surface area contributed by atoms with E-state index in [1.807, 2.05) is 18.2 Å². The molecule has 2 aliphatic heterocycles. The highest BCUT2D eigenvalue weighted by atomic mass is 127. The maximum Gasteiger partial charge on any atom is 0.337 e. The minimum absolute atomic E-state index is 0. The summed E-state index contributed by atoms with van der Waals surface area (Å²) in [5.41, 5.74) is 1.90. The lowest BCUT2D eigenvalue weighted by atomic mass is 9.85. The number of piperidine rings is 1. The minimum Gasteiger partial charge on any atom is -1.00 e. The van der Waals surface area contributed by atoms with Gasteiger partial charge < -0.3 is 43.3 Å². The molecule has 2 fully saturated rings. The van der Waals surface area contributed by atoms with Crippen molar-refractivity contribution in [3.8, 4) is 11.5 Å². The fourth-order valence-electron chi connectivity index (χ4n) is 6.67. The summed E-state index contributed by atoms with van der Waals surface area (Å²) in [6.45, 7) is 3.46. The van der Waals surface area contributed by atoms with Gasteiger partial charge in [0.2, 0.25) is 5.91 Å². The van der Waals surface area contributed by atoms with E-state index in [9.17, 15) is 9.59 Å². The van der Waals surface area contributed by atoms with Gasteiger partial charge in [0, 0.05) is 40.4 Å². The van der Waals surface area contributed by atoms with Crippen LogP contribution in [0.15, 0.2) is 40.9 Å². The summed E-state index contributed by atoms with van der Waals surface area (Å²) >= 11 is 3.55. The molecule has 1 saturated carbocycles. The van der Waals surface area contributed by atoms with Gasteiger partial charge in [0.25, 0.3) is 0 Å². The molecule has 6 nitrogen and oxygen atoms in total. The lowest BCUT2D eigenvalue weighted by molar-refractivity contribution is -0.917. The number of carbonyl (C=O) groups is 2. The van der Waals surface area contributed by atoms with Crippen LogP contribution in [0.3, 0.4) is 0 Å². The molecule has 2 heterocycles. The zero-order valence-corrected chi connectivity index (χ0v) is 26.8. The summed E-state index contributed by atoms with van der Waals surface area (Å²) in [5, 5.41) is 3.38. The van der Waals surface area contributed by atoms with Gasteiger partial charge in [-0.05, 0) is 49.2 Å². The summed E-state index contributed by atoms with van der Waals surface area (Å²) in [4.78, 5) is 26.2. The number of quaternary nitrogens is 1. The molecule has 39 heavy (non-hydrogen) atoms. The summed E-state index contributed by atoms with van der Waals surface area (Å²) in [6.07, 6.45) is 11.7. The van der Waals surface area contributed by atoms with Gasteiger partial charge in [-0.1, -0.05) is 48.0 Å². The van der Waals surface area contributed by atoms with Crippen molar-refractivity contribution in [2.24, 2.45) is 5.92 Å². The van der Waals surface area contributed by atoms with Crippen molar-refractivity contribution in [1.82, 2.24) is 5.32 Å². The first kappa shape index (κ1) is 30.3. The second-order valence-corrected chi connectivity index (χ2v) is 12.6. The molecule has 5 rings (SSSR count). The van der Waals surface area contributed by atoms with Crippen LogP contribution in [0.2, 0.25) is 0 Å². The molecule has 0 radical (unpaired) electrons. The number of amides is 1. The predicted molar refractivity (Wildman–Crippen MR) is 152 cm³/mol. The highest BCUT2D eigenvalue weighted by molar-refractivity contribution is 9.10. The number of ether oxygens (including phenoxy) is 2. The van der Waals surface area contributed by atoms with Crippen LogP contribution in [-0.2, 0) is 9.53 Å². The zero-order valence-electron chi connectivity index (χ0n) is 23.0. The summed E-state index contributed by atoms with van der Waals surface area (Å²) in [7, 11) is 3.77. The smallest absolute Gasteiger partial charge is 0.337 e. The van der Waals surface area contributed by atoms with Crippen LogP contribution < -0.4 is 34.0 Å². The van der Waals surface area contributed by atoms with E-state index in [-0.39, 0.29) is 35.9 Å². The number of fused-ring (bicyclic) bond motifs is 2. The SMILES string of the molecule is COC(=O)c1ccc2c(c1)C(C(=O)NC1CC[N+](C)(CC3CCCCCCC3)CC1)c1cc(Br)ccc1O2.[I-]. The van der Waals surface area contributed by atoms with E-state index in [1.54, 1.807) is 18.2 Å². The molecule has 3 aliphatic rings. The van der Waals surface area contributed by atoms with Crippen molar-refractivity contribution < 1.29 is 47.5 Å². The van der Waals surface area contributed by atoms with Crippen LogP contribution in [0.25, 0.3) is 0 Å². The van der Waals surface area contributed by atoms with Gasteiger partial charge in [-0.25, -0.2) is 4.79 Å². The monoisotopic (exact) mass is 710 g/mol. The van der Waals surface area contributed by atoms with E-state index in [0.717, 1.165) is 46.4 Å². The van der Waals surface area contributed by atoms with Crippen molar-refractivity contribution in [3.05, 3.63) is 57.6 Å². The Kier molecular flexibility index (Phi) is 10.4. The van der Waals surface area contributed by atoms with Gasteiger partial charge in [-0.3, -0.25) is 4.79 Å². The number of hydrogen-bond donors (Lipinski definition) is 1. The number of rotatable bonds is 5. The predicted octanol–water partition coefficient (Wildman–Crippen LogP) is 3.56. The van der Waals surface area contributed by atoms with Crippen molar-refractivity contribution in [2.45, 2.75) is 69.7 Å². The van der Waals surface area contributed by atoms with Gasteiger partial charge in [0.1, 0.15) is 11.5 Å². The first-order valence-electron chi connectivity index (χ1n) is 14.2. The average Bonchev–Trinajstić information content (AvgIpc) is 2.89. The third kappa shape index (κ3) is 7.17. The van der Waals surface area contributed by atoms with Gasteiger partial charge in [-0.15, -0.1) is 0 Å². The molecule has 1 atom stereocenters. The molecule has 8 heteroatoms. The normalized spacial score (nSPS) is 25.0. The Morgan fingerprint density at radius 2 is 1.56 bits per heavy atom. The number of hydrogen-bond acceptors (Lipinski definition) is 4. The molecule has 0 bridgehead atoms. The van der Waals surface area contributed by atoms with Gasteiger partial charge in [0.15, 0.2) is 0 Å². The maximum absolute atomic E-state index is 13.9. The number of benzene rings is 2. The second-order valence-electron chi connectivity index (χ2n) is 11.7. The summed E-state index contributed by atoms with van der Waals surface area (Å²) in [5.74, 6) is 1.06. The number of carbonyl (C=O) groups excluding carboxylic acids is 2. The molecule has 212 valence electrons. The number of likely N-dealkylation sites (tertiary alicyclic amines) is 1. The number of nitrogens with one attached hydrogen (secondary N) is 1. The topological polar surface area (TPSA) is 64.6 Å². The average molecular weight is 711 g/mol. The molecule has 1 unspecified atom stereocenters. The largest absolute Gasteiger partial charge is 1.00 e.